The number of hydrogen-bond acceptors (Lipinski definition) is 3. The van der Waals surface area contributed by atoms with Crippen LogP contribution in [0.1, 0.15) is 24.4 Å². The highest BCUT2D eigenvalue weighted by molar-refractivity contribution is 6.31. The van der Waals surface area contributed by atoms with Crippen LogP contribution in [0.2, 0.25) is 5.02 Å². The number of nitrogens with zero attached hydrogens (tertiary/aromatic N) is 1. The van der Waals surface area contributed by atoms with Crippen molar-refractivity contribution in [2.75, 3.05) is 6.61 Å². The van der Waals surface area contributed by atoms with Crippen molar-refractivity contribution in [1.29, 1.82) is 5.26 Å². The van der Waals surface area contributed by atoms with Crippen LogP contribution in [-0.2, 0) is 9.53 Å². The fourth-order valence-electron chi connectivity index (χ4n) is 1.91. The molecule has 1 amide bonds. The van der Waals surface area contributed by atoms with E-state index < -0.39 is 12.1 Å². The van der Waals surface area contributed by atoms with Crippen LogP contribution in [0.4, 0.5) is 0 Å². The van der Waals surface area contributed by atoms with Gasteiger partial charge in [0.05, 0.1) is 6.07 Å². The molecule has 1 aliphatic heterocycles. The normalized spacial score (nSPS) is 20.1. The summed E-state index contributed by atoms with van der Waals surface area (Å²) in [5, 5.41) is 12.3. The SMILES string of the molecule is N#CC(NC(=O)C1CCCO1)c1ccccc1Cl. The highest BCUT2D eigenvalue weighted by atomic mass is 35.5. The molecule has 1 aromatic carbocycles. The number of carbonyl (C=O) groups excluding carboxylic acids is 1. The Labute approximate surface area is 111 Å². The highest BCUT2D eigenvalue weighted by Crippen LogP contribution is 2.23. The standard InChI is InChI=1S/C13H13ClN2O2/c14-10-5-2-1-4-9(10)11(8-15)16-13(17)12-6-3-7-18-12/h1-2,4-5,11-12H,3,6-7H2,(H,16,17). The Balaban J connectivity index is 2.08. The third kappa shape index (κ3) is 2.81. The number of nitriles is 1. The van der Waals surface area contributed by atoms with Gasteiger partial charge in [0.2, 0.25) is 5.91 Å². The number of amides is 1. The monoisotopic (exact) mass is 264 g/mol. The Bertz CT molecular complexity index is 478. The van der Waals surface area contributed by atoms with Crippen molar-refractivity contribution in [2.24, 2.45) is 0 Å². The molecule has 1 heterocycles. The molecule has 0 aliphatic carbocycles. The van der Waals surface area contributed by atoms with Crippen LogP contribution in [0.25, 0.3) is 0 Å². The van der Waals surface area contributed by atoms with Gasteiger partial charge in [-0.25, -0.2) is 0 Å². The van der Waals surface area contributed by atoms with Gasteiger partial charge < -0.3 is 10.1 Å². The van der Waals surface area contributed by atoms with Crippen molar-refractivity contribution in [3.63, 3.8) is 0 Å². The van der Waals surface area contributed by atoms with Gasteiger partial charge in [0.1, 0.15) is 12.1 Å². The molecular weight excluding hydrogens is 252 g/mol. The molecule has 2 atom stereocenters. The average Bonchev–Trinajstić information content (AvgIpc) is 2.90. The van der Waals surface area contributed by atoms with E-state index in [4.69, 9.17) is 21.6 Å². The zero-order valence-corrected chi connectivity index (χ0v) is 10.5. The molecule has 0 spiro atoms. The van der Waals surface area contributed by atoms with Crippen molar-refractivity contribution < 1.29 is 9.53 Å². The van der Waals surface area contributed by atoms with Crippen molar-refractivity contribution in [3.8, 4) is 6.07 Å². The summed E-state index contributed by atoms with van der Waals surface area (Å²) >= 11 is 6.01. The van der Waals surface area contributed by atoms with E-state index in [-0.39, 0.29) is 5.91 Å². The maximum atomic E-state index is 11.9. The Hall–Kier alpha value is -1.57. The topological polar surface area (TPSA) is 62.1 Å². The molecule has 4 nitrogen and oxygen atoms in total. The molecule has 0 aromatic heterocycles. The summed E-state index contributed by atoms with van der Waals surface area (Å²) in [4.78, 5) is 11.9. The summed E-state index contributed by atoms with van der Waals surface area (Å²) in [5.41, 5.74) is 0.605. The molecule has 0 radical (unpaired) electrons. The van der Waals surface area contributed by atoms with Gasteiger partial charge in [-0.1, -0.05) is 29.8 Å². The predicted octanol–water partition coefficient (Wildman–Crippen LogP) is 2.20. The maximum absolute atomic E-state index is 11.9. The highest BCUT2D eigenvalue weighted by Gasteiger charge is 2.26. The fourth-order valence-corrected chi connectivity index (χ4v) is 2.15. The van der Waals surface area contributed by atoms with Crippen molar-refractivity contribution in [1.82, 2.24) is 5.32 Å². The second kappa shape index (κ2) is 5.85. The minimum absolute atomic E-state index is 0.251. The number of rotatable bonds is 3. The first-order valence-electron chi connectivity index (χ1n) is 5.78. The number of nitrogens with one attached hydrogen (secondary N) is 1. The lowest BCUT2D eigenvalue weighted by Gasteiger charge is -2.16. The molecule has 94 valence electrons. The summed E-state index contributed by atoms with van der Waals surface area (Å²) in [6.07, 6.45) is 1.14. The second-order valence-corrected chi connectivity index (χ2v) is 4.50. The van der Waals surface area contributed by atoms with E-state index in [9.17, 15) is 4.79 Å². The molecule has 1 aliphatic rings. The smallest absolute Gasteiger partial charge is 0.250 e. The van der Waals surface area contributed by atoms with Gasteiger partial charge in [-0.05, 0) is 18.9 Å². The van der Waals surface area contributed by atoms with Crippen LogP contribution in [0.15, 0.2) is 24.3 Å². The Morgan fingerprint density at radius 2 is 2.33 bits per heavy atom. The predicted molar refractivity (Wildman–Crippen MR) is 66.9 cm³/mol. The first-order chi connectivity index (χ1) is 8.72. The molecule has 2 unspecified atom stereocenters. The zero-order valence-electron chi connectivity index (χ0n) is 9.73. The van der Waals surface area contributed by atoms with Gasteiger partial charge in [-0.15, -0.1) is 0 Å². The number of ether oxygens (including phenoxy) is 1. The van der Waals surface area contributed by atoms with Gasteiger partial charge >= 0.3 is 0 Å². The molecule has 0 bridgehead atoms. The summed E-state index contributed by atoms with van der Waals surface area (Å²) in [6, 6.07) is 8.28. The summed E-state index contributed by atoms with van der Waals surface area (Å²) in [5.74, 6) is -0.251. The molecule has 2 rings (SSSR count). The number of hydrogen-bond donors (Lipinski definition) is 1. The van der Waals surface area contributed by atoms with E-state index in [1.54, 1.807) is 24.3 Å². The third-order valence-electron chi connectivity index (χ3n) is 2.85. The van der Waals surface area contributed by atoms with Crippen LogP contribution >= 0.6 is 11.6 Å². The molecule has 1 aromatic rings. The maximum Gasteiger partial charge on any atom is 0.250 e. The molecular formula is C13H13ClN2O2. The molecule has 18 heavy (non-hydrogen) atoms. The lowest BCUT2D eigenvalue weighted by atomic mass is 10.1. The Kier molecular flexibility index (Phi) is 4.19. The minimum Gasteiger partial charge on any atom is -0.368 e. The first-order valence-corrected chi connectivity index (χ1v) is 6.16. The van der Waals surface area contributed by atoms with E-state index >= 15 is 0 Å². The lowest BCUT2D eigenvalue weighted by Crippen LogP contribution is -2.36. The van der Waals surface area contributed by atoms with Crippen LogP contribution < -0.4 is 5.32 Å². The van der Waals surface area contributed by atoms with Crippen LogP contribution in [-0.4, -0.2) is 18.6 Å². The third-order valence-corrected chi connectivity index (χ3v) is 3.20. The number of benzene rings is 1. The average molecular weight is 265 g/mol. The molecule has 1 saturated heterocycles. The zero-order chi connectivity index (χ0) is 13.0. The van der Waals surface area contributed by atoms with Crippen molar-refractivity contribution >= 4 is 17.5 Å². The van der Waals surface area contributed by atoms with E-state index in [0.717, 1.165) is 6.42 Å². The summed E-state index contributed by atoms with van der Waals surface area (Å²) in [6.45, 7) is 0.599. The number of halogens is 1. The van der Waals surface area contributed by atoms with Gasteiger partial charge in [0, 0.05) is 17.2 Å². The van der Waals surface area contributed by atoms with Crippen molar-refractivity contribution in [2.45, 2.75) is 25.0 Å². The second-order valence-electron chi connectivity index (χ2n) is 4.09. The van der Waals surface area contributed by atoms with E-state index in [1.807, 2.05) is 6.07 Å². The van der Waals surface area contributed by atoms with Gasteiger partial charge in [-0.3, -0.25) is 4.79 Å². The Morgan fingerprint density at radius 1 is 1.56 bits per heavy atom. The van der Waals surface area contributed by atoms with Crippen molar-refractivity contribution in [3.05, 3.63) is 34.9 Å². The van der Waals surface area contributed by atoms with Crippen LogP contribution in [0.5, 0.6) is 0 Å². The Morgan fingerprint density at radius 3 is 2.94 bits per heavy atom. The van der Waals surface area contributed by atoms with Gasteiger partial charge in [0.25, 0.3) is 0 Å². The lowest BCUT2D eigenvalue weighted by molar-refractivity contribution is -0.130. The fraction of sp³-hybridized carbons (Fsp3) is 0.385. The largest absolute Gasteiger partial charge is 0.368 e. The van der Waals surface area contributed by atoms with E-state index in [2.05, 4.69) is 5.32 Å². The first kappa shape index (κ1) is 12.9. The molecule has 1 fully saturated rings. The minimum atomic E-state index is -0.740. The molecule has 0 saturated carbocycles. The van der Waals surface area contributed by atoms with Gasteiger partial charge in [0.15, 0.2) is 0 Å². The molecule has 5 heteroatoms. The van der Waals surface area contributed by atoms with Crippen LogP contribution in [0, 0.1) is 11.3 Å². The van der Waals surface area contributed by atoms with Gasteiger partial charge in [-0.2, -0.15) is 5.26 Å². The summed E-state index contributed by atoms with van der Waals surface area (Å²) < 4.78 is 5.27. The molecule has 1 N–H and O–H groups in total. The quantitative estimate of drug-likeness (QED) is 0.910. The van der Waals surface area contributed by atoms with Crippen LogP contribution in [0.3, 0.4) is 0 Å². The van der Waals surface area contributed by atoms with E-state index in [1.165, 1.54) is 0 Å². The number of carbonyl (C=O) groups is 1. The summed E-state index contributed by atoms with van der Waals surface area (Å²) in [7, 11) is 0. The van der Waals surface area contributed by atoms with E-state index in [0.29, 0.717) is 23.6 Å².